The standard InChI is InChI=1S/C21H27F3N10O/c1-13-11-33(4-3-26-13)20-29-15-17(32-5-7-35-8-6-32)30-16(14-9-27-19(25-2)28-10-14)31-18(15)34(20)12-21(22,23)24/h9-10,13,26H,3-8,11-12H2,1-2H3,(H,25,27,28)/t13-/m1/s1. The SMILES string of the molecule is CNc1ncc(-c2nc(N3CCOCC3)c3nc(N4CCN[C@H](C)C4)n(CC(F)(F)F)c3n2)cn1. The summed E-state index contributed by atoms with van der Waals surface area (Å²) < 4.78 is 47.9. The number of ether oxygens (including phenoxy) is 1. The average molecular weight is 493 g/mol. The molecule has 0 spiro atoms. The van der Waals surface area contributed by atoms with Crippen LogP contribution in [0.2, 0.25) is 0 Å². The Balaban J connectivity index is 1.71. The van der Waals surface area contributed by atoms with Crippen molar-refractivity contribution >= 4 is 28.9 Å². The number of hydrogen-bond donors (Lipinski definition) is 2. The lowest BCUT2D eigenvalue weighted by Crippen LogP contribution is -2.50. The van der Waals surface area contributed by atoms with Gasteiger partial charge in [0.15, 0.2) is 22.8 Å². The van der Waals surface area contributed by atoms with Crippen LogP contribution in [-0.2, 0) is 11.3 Å². The number of rotatable bonds is 5. The van der Waals surface area contributed by atoms with Crippen molar-refractivity contribution in [3.05, 3.63) is 12.4 Å². The van der Waals surface area contributed by atoms with Crippen molar-refractivity contribution in [1.29, 1.82) is 0 Å². The van der Waals surface area contributed by atoms with Crippen LogP contribution in [0.25, 0.3) is 22.6 Å². The molecule has 5 heterocycles. The third-order valence-corrected chi connectivity index (χ3v) is 5.99. The smallest absolute Gasteiger partial charge is 0.378 e. The predicted octanol–water partition coefficient (Wildman–Crippen LogP) is 1.52. The Bertz CT molecular complexity index is 1180. The monoisotopic (exact) mass is 492 g/mol. The lowest BCUT2D eigenvalue weighted by molar-refractivity contribution is -0.139. The van der Waals surface area contributed by atoms with Crippen LogP contribution in [0, 0.1) is 0 Å². The number of hydrogen-bond acceptors (Lipinski definition) is 10. The van der Waals surface area contributed by atoms with Gasteiger partial charge in [-0.15, -0.1) is 0 Å². The van der Waals surface area contributed by atoms with E-state index in [1.54, 1.807) is 19.4 Å². The predicted molar refractivity (Wildman–Crippen MR) is 125 cm³/mol. The molecule has 35 heavy (non-hydrogen) atoms. The molecule has 0 amide bonds. The van der Waals surface area contributed by atoms with Gasteiger partial charge >= 0.3 is 6.18 Å². The summed E-state index contributed by atoms with van der Waals surface area (Å²) in [5.41, 5.74) is 0.971. The van der Waals surface area contributed by atoms with Crippen LogP contribution in [0.15, 0.2) is 12.4 Å². The Morgan fingerprint density at radius 3 is 2.49 bits per heavy atom. The van der Waals surface area contributed by atoms with Crippen LogP contribution in [0.1, 0.15) is 6.92 Å². The zero-order chi connectivity index (χ0) is 24.6. The largest absolute Gasteiger partial charge is 0.406 e. The lowest BCUT2D eigenvalue weighted by Gasteiger charge is -2.33. The summed E-state index contributed by atoms with van der Waals surface area (Å²) in [4.78, 5) is 26.3. The van der Waals surface area contributed by atoms with Gasteiger partial charge in [-0.1, -0.05) is 0 Å². The number of morpholine rings is 1. The molecule has 188 valence electrons. The van der Waals surface area contributed by atoms with E-state index < -0.39 is 12.7 Å². The van der Waals surface area contributed by atoms with Gasteiger partial charge in [0.25, 0.3) is 0 Å². The topological polar surface area (TPSA) is 109 Å². The van der Waals surface area contributed by atoms with Crippen LogP contribution < -0.4 is 20.4 Å². The number of piperazine rings is 1. The van der Waals surface area contributed by atoms with Crippen LogP contribution in [0.3, 0.4) is 0 Å². The average Bonchev–Trinajstić information content (AvgIpc) is 3.21. The van der Waals surface area contributed by atoms with Gasteiger partial charge in [-0.25, -0.2) is 24.9 Å². The molecule has 1 atom stereocenters. The minimum atomic E-state index is -4.45. The number of anilines is 3. The molecule has 14 heteroatoms. The van der Waals surface area contributed by atoms with Gasteiger partial charge in [-0.05, 0) is 6.92 Å². The van der Waals surface area contributed by atoms with E-state index in [0.29, 0.717) is 68.8 Å². The molecular formula is C21H27F3N10O. The minimum Gasteiger partial charge on any atom is -0.378 e. The van der Waals surface area contributed by atoms with Gasteiger partial charge in [0.2, 0.25) is 11.9 Å². The molecule has 2 saturated heterocycles. The van der Waals surface area contributed by atoms with E-state index in [4.69, 9.17) is 14.7 Å². The molecule has 0 aliphatic carbocycles. The summed E-state index contributed by atoms with van der Waals surface area (Å²) in [6.07, 6.45) is -1.36. The molecule has 5 rings (SSSR count). The fourth-order valence-corrected chi connectivity index (χ4v) is 4.35. The Morgan fingerprint density at radius 1 is 1.09 bits per heavy atom. The van der Waals surface area contributed by atoms with Crippen molar-refractivity contribution in [2.45, 2.75) is 25.7 Å². The molecule has 0 aromatic carbocycles. The second-order valence-corrected chi connectivity index (χ2v) is 8.60. The van der Waals surface area contributed by atoms with Crippen LogP contribution in [0.5, 0.6) is 0 Å². The van der Waals surface area contributed by atoms with Crippen LogP contribution >= 0.6 is 0 Å². The molecule has 0 saturated carbocycles. The number of nitrogens with zero attached hydrogens (tertiary/aromatic N) is 8. The molecule has 2 aliphatic rings. The number of nitrogens with one attached hydrogen (secondary N) is 2. The van der Waals surface area contributed by atoms with Gasteiger partial charge in [-0.2, -0.15) is 13.2 Å². The van der Waals surface area contributed by atoms with Gasteiger partial charge in [0.1, 0.15) is 6.54 Å². The van der Waals surface area contributed by atoms with Crippen molar-refractivity contribution in [2.75, 3.05) is 68.1 Å². The summed E-state index contributed by atoms with van der Waals surface area (Å²) in [5, 5.41) is 6.16. The maximum Gasteiger partial charge on any atom is 0.406 e. The molecular weight excluding hydrogens is 465 g/mol. The Morgan fingerprint density at radius 2 is 1.83 bits per heavy atom. The maximum atomic E-state index is 13.8. The number of imidazole rings is 1. The summed E-state index contributed by atoms with van der Waals surface area (Å²) in [6.45, 7) is 4.60. The van der Waals surface area contributed by atoms with E-state index in [9.17, 15) is 13.2 Å². The summed E-state index contributed by atoms with van der Waals surface area (Å²) in [6, 6.07) is 0.117. The fraction of sp³-hybridized carbons (Fsp3) is 0.571. The first-order valence-electron chi connectivity index (χ1n) is 11.5. The second-order valence-electron chi connectivity index (χ2n) is 8.60. The van der Waals surface area contributed by atoms with Gasteiger partial charge in [0, 0.05) is 58.2 Å². The highest BCUT2D eigenvalue weighted by atomic mass is 19.4. The van der Waals surface area contributed by atoms with Crippen LogP contribution in [0.4, 0.5) is 30.9 Å². The van der Waals surface area contributed by atoms with Crippen molar-refractivity contribution in [3.63, 3.8) is 0 Å². The molecule has 2 N–H and O–H groups in total. The third-order valence-electron chi connectivity index (χ3n) is 5.99. The molecule has 2 fully saturated rings. The van der Waals surface area contributed by atoms with Crippen molar-refractivity contribution in [3.8, 4) is 11.4 Å². The first kappa shape index (κ1) is 23.5. The summed E-state index contributed by atoms with van der Waals surface area (Å²) in [7, 11) is 1.70. The first-order valence-corrected chi connectivity index (χ1v) is 11.5. The molecule has 11 nitrogen and oxygen atoms in total. The highest BCUT2D eigenvalue weighted by molar-refractivity contribution is 5.88. The van der Waals surface area contributed by atoms with E-state index in [1.807, 2.05) is 16.7 Å². The van der Waals surface area contributed by atoms with Crippen molar-refractivity contribution in [1.82, 2.24) is 34.8 Å². The van der Waals surface area contributed by atoms with Crippen LogP contribution in [-0.4, -0.2) is 94.7 Å². The van der Waals surface area contributed by atoms with E-state index >= 15 is 0 Å². The zero-order valence-electron chi connectivity index (χ0n) is 19.5. The van der Waals surface area contributed by atoms with E-state index in [1.165, 1.54) is 0 Å². The molecule has 0 bridgehead atoms. The fourth-order valence-electron chi connectivity index (χ4n) is 4.35. The van der Waals surface area contributed by atoms with Crippen molar-refractivity contribution < 1.29 is 17.9 Å². The Hall–Kier alpha value is -3.26. The highest BCUT2D eigenvalue weighted by Gasteiger charge is 2.34. The first-order chi connectivity index (χ1) is 16.8. The summed E-state index contributed by atoms with van der Waals surface area (Å²) >= 11 is 0. The number of halogens is 3. The quantitative estimate of drug-likeness (QED) is 0.544. The molecule has 3 aromatic rings. The minimum absolute atomic E-state index is 0.117. The van der Waals surface area contributed by atoms with E-state index in [2.05, 4.69) is 25.6 Å². The second kappa shape index (κ2) is 9.41. The molecule has 0 unspecified atom stereocenters. The Kier molecular flexibility index (Phi) is 6.32. The number of alkyl halides is 3. The van der Waals surface area contributed by atoms with Crippen molar-refractivity contribution in [2.24, 2.45) is 0 Å². The number of aromatic nitrogens is 6. The lowest BCUT2D eigenvalue weighted by atomic mass is 10.2. The molecule has 2 aliphatic heterocycles. The van der Waals surface area contributed by atoms with E-state index in [0.717, 1.165) is 4.57 Å². The normalized spacial score (nSPS) is 19.4. The van der Waals surface area contributed by atoms with Gasteiger partial charge < -0.3 is 25.2 Å². The summed E-state index contributed by atoms with van der Waals surface area (Å²) in [5.74, 6) is 1.38. The van der Waals surface area contributed by atoms with Gasteiger partial charge in [-0.3, -0.25) is 4.57 Å². The van der Waals surface area contributed by atoms with E-state index in [-0.39, 0.29) is 23.5 Å². The molecule has 0 radical (unpaired) electrons. The van der Waals surface area contributed by atoms with Gasteiger partial charge in [0.05, 0.1) is 18.8 Å². The zero-order valence-corrected chi connectivity index (χ0v) is 19.5. The third kappa shape index (κ3) is 4.93. The highest BCUT2D eigenvalue weighted by Crippen LogP contribution is 2.33. The maximum absolute atomic E-state index is 13.8. The number of fused-ring (bicyclic) bond motifs is 1. The molecule has 3 aromatic heterocycles. The Labute approximate surface area is 199 Å².